The van der Waals surface area contributed by atoms with Crippen molar-refractivity contribution in [2.75, 3.05) is 11.9 Å². The molecule has 0 aromatic rings. The fourth-order valence-electron chi connectivity index (χ4n) is 0.369. The van der Waals surface area contributed by atoms with E-state index in [1.165, 1.54) is 0 Å². The molecule has 4 nitrogen and oxygen atoms in total. The van der Waals surface area contributed by atoms with Crippen LogP contribution in [0.25, 0.3) is 0 Å². The molecule has 0 bridgehead atoms. The highest BCUT2D eigenvalue weighted by molar-refractivity contribution is 9.13. The maximum atomic E-state index is 10.3. The first-order chi connectivity index (χ1) is 5.37. The maximum Gasteiger partial charge on any atom is 0.469 e. The largest absolute Gasteiger partial charge is 0.469 e. The average Bonchev–Trinajstić information content (AvgIpc) is 1.97. The fourth-order valence-corrected chi connectivity index (χ4v) is 2.35. The second-order valence-corrected chi connectivity index (χ2v) is 6.21. The molecule has 2 unspecified atom stereocenters. The Bertz CT molecular complexity index is 172. The lowest BCUT2D eigenvalue weighted by Crippen LogP contribution is -2.20. The van der Waals surface area contributed by atoms with Crippen LogP contribution in [0, 0.1) is 0 Å². The van der Waals surface area contributed by atoms with Crippen molar-refractivity contribution in [2.24, 2.45) is 0 Å². The lowest BCUT2D eigenvalue weighted by Gasteiger charge is -2.14. The number of phosphoric acid groups is 1. The lowest BCUT2D eigenvalue weighted by atomic mass is 10.4. The van der Waals surface area contributed by atoms with Gasteiger partial charge in [-0.2, -0.15) is 0 Å². The van der Waals surface area contributed by atoms with E-state index in [2.05, 4.69) is 52.3 Å². The Labute approximate surface area is 95.7 Å². The molecule has 0 aliphatic rings. The minimum atomic E-state index is -4.34. The van der Waals surface area contributed by atoms with Crippen LogP contribution in [0.4, 0.5) is 0 Å². The van der Waals surface area contributed by atoms with Gasteiger partial charge in [-0.1, -0.05) is 47.8 Å². The summed E-state index contributed by atoms with van der Waals surface area (Å²) in [5.74, 6) is 0. The lowest BCUT2D eigenvalue weighted by molar-refractivity contribution is 0.198. The van der Waals surface area contributed by atoms with E-state index in [1.54, 1.807) is 0 Å². The van der Waals surface area contributed by atoms with Crippen LogP contribution in [0.3, 0.4) is 0 Å². The summed E-state index contributed by atoms with van der Waals surface area (Å²) in [4.78, 5) is 16.7. The standard InChI is InChI=1S/C4H8Br3O4P/c5-1-3(6)4(7)2-11-12(8,9)10/h3-4H,1-2H2,(H2,8,9,10). The molecule has 12 heavy (non-hydrogen) atoms. The van der Waals surface area contributed by atoms with Crippen molar-refractivity contribution in [3.63, 3.8) is 0 Å². The van der Waals surface area contributed by atoms with Crippen molar-refractivity contribution in [1.29, 1.82) is 0 Å². The first-order valence-electron chi connectivity index (χ1n) is 2.91. The van der Waals surface area contributed by atoms with E-state index in [4.69, 9.17) is 9.79 Å². The number of hydrogen-bond donors (Lipinski definition) is 2. The molecule has 0 aromatic carbocycles. The zero-order chi connectivity index (χ0) is 9.78. The summed E-state index contributed by atoms with van der Waals surface area (Å²) in [5.41, 5.74) is 0. The first-order valence-corrected chi connectivity index (χ1v) is 7.39. The quantitative estimate of drug-likeness (QED) is 0.557. The van der Waals surface area contributed by atoms with Gasteiger partial charge in [0, 0.05) is 10.2 Å². The SMILES string of the molecule is O=P(O)(O)OCC(Br)C(Br)CBr. The summed E-state index contributed by atoms with van der Waals surface area (Å²) in [6, 6.07) is 0. The van der Waals surface area contributed by atoms with Gasteiger partial charge in [0.05, 0.1) is 11.4 Å². The monoisotopic (exact) mass is 388 g/mol. The Morgan fingerprint density at radius 2 is 1.83 bits per heavy atom. The van der Waals surface area contributed by atoms with Crippen LogP contribution in [0.15, 0.2) is 0 Å². The molecule has 2 atom stereocenters. The molecule has 74 valence electrons. The van der Waals surface area contributed by atoms with Crippen molar-refractivity contribution in [2.45, 2.75) is 9.65 Å². The van der Waals surface area contributed by atoms with E-state index in [0.29, 0.717) is 5.33 Å². The fraction of sp³-hybridized carbons (Fsp3) is 1.00. The van der Waals surface area contributed by atoms with E-state index >= 15 is 0 Å². The number of rotatable bonds is 5. The Morgan fingerprint density at radius 1 is 1.33 bits per heavy atom. The van der Waals surface area contributed by atoms with Crippen molar-refractivity contribution in [1.82, 2.24) is 0 Å². The van der Waals surface area contributed by atoms with E-state index in [1.807, 2.05) is 0 Å². The van der Waals surface area contributed by atoms with Crippen LogP contribution in [-0.4, -0.2) is 31.4 Å². The molecule has 8 heteroatoms. The van der Waals surface area contributed by atoms with Crippen molar-refractivity contribution in [3.8, 4) is 0 Å². The normalized spacial score (nSPS) is 17.4. The zero-order valence-electron chi connectivity index (χ0n) is 5.86. The number of alkyl halides is 3. The summed E-state index contributed by atoms with van der Waals surface area (Å²) in [7, 11) is -4.34. The molecule has 2 N–H and O–H groups in total. The van der Waals surface area contributed by atoms with Crippen LogP contribution < -0.4 is 0 Å². The van der Waals surface area contributed by atoms with Gasteiger partial charge < -0.3 is 9.79 Å². The highest BCUT2D eigenvalue weighted by Crippen LogP contribution is 2.36. The van der Waals surface area contributed by atoms with E-state index in [9.17, 15) is 4.57 Å². The number of phosphoric ester groups is 1. The third-order valence-electron chi connectivity index (χ3n) is 0.942. The highest BCUT2D eigenvalue weighted by Gasteiger charge is 2.20. The Kier molecular flexibility index (Phi) is 6.90. The van der Waals surface area contributed by atoms with Gasteiger partial charge in [-0.3, -0.25) is 4.52 Å². The minimum absolute atomic E-state index is 0.0359. The van der Waals surface area contributed by atoms with Gasteiger partial charge in [0.25, 0.3) is 0 Å². The van der Waals surface area contributed by atoms with Gasteiger partial charge in [0.2, 0.25) is 0 Å². The predicted octanol–water partition coefficient (Wildman–Crippen LogP) is 2.02. The summed E-state index contributed by atoms with van der Waals surface area (Å²) in [5, 5.41) is 0.674. The summed E-state index contributed by atoms with van der Waals surface area (Å²) >= 11 is 9.70. The molecular weight excluding hydrogens is 383 g/mol. The topological polar surface area (TPSA) is 66.8 Å². The summed E-state index contributed by atoms with van der Waals surface area (Å²) in [6.45, 7) is -0.0359. The van der Waals surface area contributed by atoms with E-state index in [-0.39, 0.29) is 16.3 Å². The Hall–Kier alpha value is 1.55. The second-order valence-electron chi connectivity index (χ2n) is 1.97. The molecule has 0 radical (unpaired) electrons. The molecule has 0 aliphatic heterocycles. The summed E-state index contributed by atoms with van der Waals surface area (Å²) in [6.07, 6.45) is 0. The van der Waals surface area contributed by atoms with Crippen LogP contribution in [0.2, 0.25) is 0 Å². The van der Waals surface area contributed by atoms with Gasteiger partial charge >= 0.3 is 7.82 Å². The summed E-state index contributed by atoms with van der Waals surface area (Å²) < 4.78 is 14.6. The molecule has 0 fully saturated rings. The number of hydrogen-bond acceptors (Lipinski definition) is 2. The van der Waals surface area contributed by atoms with E-state index < -0.39 is 7.82 Å². The van der Waals surface area contributed by atoms with Crippen molar-refractivity contribution in [3.05, 3.63) is 0 Å². The molecule has 0 spiro atoms. The van der Waals surface area contributed by atoms with Gasteiger partial charge in [0.15, 0.2) is 0 Å². The molecule has 0 rings (SSSR count). The second kappa shape index (κ2) is 6.11. The zero-order valence-corrected chi connectivity index (χ0v) is 11.5. The van der Waals surface area contributed by atoms with Crippen LogP contribution in [0.5, 0.6) is 0 Å². The maximum absolute atomic E-state index is 10.3. The Balaban J connectivity index is 3.71. The minimum Gasteiger partial charge on any atom is -0.303 e. The molecule has 0 saturated carbocycles. The predicted molar refractivity (Wildman–Crippen MR) is 57.2 cm³/mol. The number of halogens is 3. The smallest absolute Gasteiger partial charge is 0.303 e. The van der Waals surface area contributed by atoms with E-state index in [0.717, 1.165) is 0 Å². The molecular formula is C4H8Br3O4P. The van der Waals surface area contributed by atoms with Crippen molar-refractivity contribution >= 4 is 55.6 Å². The average molecular weight is 391 g/mol. The van der Waals surface area contributed by atoms with Crippen LogP contribution in [-0.2, 0) is 9.09 Å². The molecule has 0 aliphatic carbocycles. The first kappa shape index (κ1) is 13.5. The highest BCUT2D eigenvalue weighted by atomic mass is 79.9. The Morgan fingerprint density at radius 3 is 2.17 bits per heavy atom. The van der Waals surface area contributed by atoms with Gasteiger partial charge in [-0.05, 0) is 0 Å². The molecule has 0 saturated heterocycles. The van der Waals surface area contributed by atoms with Gasteiger partial charge in [-0.15, -0.1) is 0 Å². The third kappa shape index (κ3) is 7.00. The van der Waals surface area contributed by atoms with Crippen LogP contribution >= 0.6 is 55.6 Å². The van der Waals surface area contributed by atoms with Gasteiger partial charge in [-0.25, -0.2) is 4.57 Å². The molecule has 0 amide bonds. The van der Waals surface area contributed by atoms with Crippen LogP contribution in [0.1, 0.15) is 0 Å². The molecule has 0 aromatic heterocycles. The third-order valence-corrected chi connectivity index (χ3v) is 5.57. The van der Waals surface area contributed by atoms with Gasteiger partial charge in [0.1, 0.15) is 0 Å². The molecule has 0 heterocycles. The van der Waals surface area contributed by atoms with Crippen molar-refractivity contribution < 1.29 is 18.9 Å².